The zero-order valence-electron chi connectivity index (χ0n) is 9.82. The zero-order valence-corrected chi connectivity index (χ0v) is 9.82. The fourth-order valence-electron chi connectivity index (χ4n) is 1.70. The third-order valence-electron chi connectivity index (χ3n) is 2.63. The molecule has 2 N–H and O–H groups in total. The molecule has 0 saturated carbocycles. The van der Waals surface area contributed by atoms with Crippen LogP contribution in [0.5, 0.6) is 0 Å². The van der Waals surface area contributed by atoms with Crippen LogP contribution in [0.4, 0.5) is 5.69 Å². The van der Waals surface area contributed by atoms with E-state index in [9.17, 15) is 0 Å². The SMILES string of the molecule is CCCCC(N)CN(C)c1ccccc1. The molecule has 1 atom stereocenters. The maximum Gasteiger partial charge on any atom is 0.0364 e. The highest BCUT2D eigenvalue weighted by molar-refractivity contribution is 5.45. The molecule has 0 aliphatic rings. The number of para-hydroxylation sites is 1. The van der Waals surface area contributed by atoms with Crippen molar-refractivity contribution >= 4 is 5.69 Å². The minimum Gasteiger partial charge on any atom is -0.373 e. The summed E-state index contributed by atoms with van der Waals surface area (Å²) < 4.78 is 0. The molecule has 0 aliphatic heterocycles. The third-order valence-corrected chi connectivity index (χ3v) is 2.63. The quantitative estimate of drug-likeness (QED) is 0.775. The monoisotopic (exact) mass is 206 g/mol. The Balaban J connectivity index is 2.38. The lowest BCUT2D eigenvalue weighted by Gasteiger charge is -2.23. The summed E-state index contributed by atoms with van der Waals surface area (Å²) in [4.78, 5) is 2.22. The third kappa shape index (κ3) is 4.34. The summed E-state index contributed by atoms with van der Waals surface area (Å²) in [5.74, 6) is 0. The van der Waals surface area contributed by atoms with E-state index in [-0.39, 0.29) is 6.04 Å². The van der Waals surface area contributed by atoms with Gasteiger partial charge in [-0.25, -0.2) is 0 Å². The predicted molar refractivity (Wildman–Crippen MR) is 67.2 cm³/mol. The topological polar surface area (TPSA) is 29.3 Å². The Morgan fingerprint density at radius 1 is 1.27 bits per heavy atom. The van der Waals surface area contributed by atoms with Gasteiger partial charge in [-0.2, -0.15) is 0 Å². The van der Waals surface area contributed by atoms with Gasteiger partial charge in [0.25, 0.3) is 0 Å². The first-order valence-corrected chi connectivity index (χ1v) is 5.75. The van der Waals surface area contributed by atoms with Crippen LogP contribution in [0.15, 0.2) is 30.3 Å². The van der Waals surface area contributed by atoms with Crippen molar-refractivity contribution in [2.24, 2.45) is 5.73 Å². The van der Waals surface area contributed by atoms with E-state index in [0.29, 0.717) is 0 Å². The lowest BCUT2D eigenvalue weighted by Crippen LogP contribution is -2.35. The van der Waals surface area contributed by atoms with Crippen LogP contribution in [-0.2, 0) is 0 Å². The Labute approximate surface area is 93.1 Å². The first kappa shape index (κ1) is 12.1. The van der Waals surface area contributed by atoms with Gasteiger partial charge in [0, 0.05) is 25.3 Å². The van der Waals surface area contributed by atoms with E-state index in [1.165, 1.54) is 18.5 Å². The van der Waals surface area contributed by atoms with Crippen LogP contribution in [-0.4, -0.2) is 19.6 Å². The van der Waals surface area contributed by atoms with E-state index in [1.54, 1.807) is 0 Å². The van der Waals surface area contributed by atoms with Crippen molar-refractivity contribution in [3.63, 3.8) is 0 Å². The Hall–Kier alpha value is -1.02. The molecule has 0 aromatic heterocycles. The number of nitrogens with zero attached hydrogens (tertiary/aromatic N) is 1. The molecule has 2 nitrogen and oxygen atoms in total. The molecule has 0 bridgehead atoms. The highest BCUT2D eigenvalue weighted by Gasteiger charge is 2.06. The normalized spacial score (nSPS) is 12.5. The molecule has 0 fully saturated rings. The van der Waals surface area contributed by atoms with Crippen LogP contribution in [0.25, 0.3) is 0 Å². The molecule has 1 aromatic carbocycles. The first-order valence-electron chi connectivity index (χ1n) is 5.75. The summed E-state index contributed by atoms with van der Waals surface area (Å²) in [5, 5.41) is 0. The number of nitrogens with two attached hydrogens (primary N) is 1. The van der Waals surface area contributed by atoms with Gasteiger partial charge in [0.1, 0.15) is 0 Å². The lowest BCUT2D eigenvalue weighted by molar-refractivity contribution is 0.573. The van der Waals surface area contributed by atoms with Gasteiger partial charge in [0.05, 0.1) is 0 Å². The number of likely N-dealkylation sites (N-methyl/N-ethyl adjacent to an activating group) is 1. The second kappa shape index (κ2) is 6.46. The van der Waals surface area contributed by atoms with E-state index < -0.39 is 0 Å². The molecule has 15 heavy (non-hydrogen) atoms. The van der Waals surface area contributed by atoms with Crippen molar-refractivity contribution < 1.29 is 0 Å². The number of anilines is 1. The molecule has 0 aliphatic carbocycles. The number of benzene rings is 1. The summed E-state index contributed by atoms with van der Waals surface area (Å²) in [5.41, 5.74) is 7.30. The van der Waals surface area contributed by atoms with E-state index in [2.05, 4.69) is 43.1 Å². The number of rotatable bonds is 6. The summed E-state index contributed by atoms with van der Waals surface area (Å²) >= 11 is 0. The summed E-state index contributed by atoms with van der Waals surface area (Å²) in [6, 6.07) is 10.7. The second-order valence-electron chi connectivity index (χ2n) is 4.12. The van der Waals surface area contributed by atoms with Gasteiger partial charge in [-0.05, 0) is 18.6 Å². The molecule has 2 heteroatoms. The second-order valence-corrected chi connectivity index (χ2v) is 4.12. The minimum atomic E-state index is 0.287. The molecule has 1 unspecified atom stereocenters. The molecular weight excluding hydrogens is 184 g/mol. The highest BCUT2D eigenvalue weighted by Crippen LogP contribution is 2.11. The highest BCUT2D eigenvalue weighted by atomic mass is 15.1. The van der Waals surface area contributed by atoms with E-state index >= 15 is 0 Å². The molecule has 0 radical (unpaired) electrons. The van der Waals surface area contributed by atoms with Gasteiger partial charge < -0.3 is 10.6 Å². The van der Waals surface area contributed by atoms with Gasteiger partial charge in [0.2, 0.25) is 0 Å². The zero-order chi connectivity index (χ0) is 11.1. The standard InChI is InChI=1S/C13H22N2/c1-3-4-8-12(14)11-15(2)13-9-6-5-7-10-13/h5-7,9-10,12H,3-4,8,11,14H2,1-2H3. The molecule has 0 heterocycles. The number of hydrogen-bond donors (Lipinski definition) is 1. The summed E-state index contributed by atoms with van der Waals surface area (Å²) in [7, 11) is 2.10. The Morgan fingerprint density at radius 2 is 1.93 bits per heavy atom. The summed E-state index contributed by atoms with van der Waals surface area (Å²) in [6.07, 6.45) is 3.57. The van der Waals surface area contributed by atoms with Crippen LogP contribution in [0.1, 0.15) is 26.2 Å². The van der Waals surface area contributed by atoms with Gasteiger partial charge in [-0.15, -0.1) is 0 Å². The van der Waals surface area contributed by atoms with Gasteiger partial charge >= 0.3 is 0 Å². The van der Waals surface area contributed by atoms with E-state index in [1.807, 2.05) is 6.07 Å². The molecule has 1 rings (SSSR count). The van der Waals surface area contributed by atoms with Gasteiger partial charge in [0.15, 0.2) is 0 Å². The Bertz CT molecular complexity index is 258. The van der Waals surface area contributed by atoms with Crippen molar-refractivity contribution in [1.29, 1.82) is 0 Å². The number of unbranched alkanes of at least 4 members (excludes halogenated alkanes) is 1. The first-order chi connectivity index (χ1) is 7.24. The predicted octanol–water partition coefficient (Wildman–Crippen LogP) is 2.64. The van der Waals surface area contributed by atoms with Crippen molar-refractivity contribution in [1.82, 2.24) is 0 Å². The average molecular weight is 206 g/mol. The lowest BCUT2D eigenvalue weighted by atomic mass is 10.1. The largest absolute Gasteiger partial charge is 0.373 e. The van der Waals surface area contributed by atoms with Crippen LogP contribution in [0, 0.1) is 0 Å². The maximum atomic E-state index is 6.06. The molecule has 0 saturated heterocycles. The Kier molecular flexibility index (Phi) is 5.19. The Morgan fingerprint density at radius 3 is 2.53 bits per heavy atom. The fourth-order valence-corrected chi connectivity index (χ4v) is 1.70. The van der Waals surface area contributed by atoms with Crippen molar-refractivity contribution in [2.45, 2.75) is 32.2 Å². The smallest absolute Gasteiger partial charge is 0.0364 e. The van der Waals surface area contributed by atoms with Crippen LogP contribution < -0.4 is 10.6 Å². The molecule has 1 aromatic rings. The molecular formula is C13H22N2. The van der Waals surface area contributed by atoms with E-state index in [4.69, 9.17) is 5.73 Å². The minimum absolute atomic E-state index is 0.287. The molecule has 84 valence electrons. The number of hydrogen-bond acceptors (Lipinski definition) is 2. The molecule has 0 amide bonds. The maximum absolute atomic E-state index is 6.06. The van der Waals surface area contributed by atoms with Gasteiger partial charge in [-0.1, -0.05) is 38.0 Å². The fraction of sp³-hybridized carbons (Fsp3) is 0.538. The van der Waals surface area contributed by atoms with E-state index in [0.717, 1.165) is 13.0 Å². The van der Waals surface area contributed by atoms with Gasteiger partial charge in [-0.3, -0.25) is 0 Å². The van der Waals surface area contributed by atoms with Crippen LogP contribution >= 0.6 is 0 Å². The average Bonchev–Trinajstić information content (AvgIpc) is 2.27. The van der Waals surface area contributed by atoms with Crippen molar-refractivity contribution in [2.75, 3.05) is 18.5 Å². The molecule has 0 spiro atoms. The van der Waals surface area contributed by atoms with Crippen molar-refractivity contribution in [3.8, 4) is 0 Å². The van der Waals surface area contributed by atoms with Crippen molar-refractivity contribution in [3.05, 3.63) is 30.3 Å². The van der Waals surface area contributed by atoms with Crippen LogP contribution in [0.3, 0.4) is 0 Å². The summed E-state index contributed by atoms with van der Waals surface area (Å²) in [6.45, 7) is 3.14. The van der Waals surface area contributed by atoms with Crippen LogP contribution in [0.2, 0.25) is 0 Å².